The van der Waals surface area contributed by atoms with E-state index >= 15 is 0 Å². The van der Waals surface area contributed by atoms with Crippen molar-refractivity contribution in [2.75, 3.05) is 0 Å². The molecule has 0 rings (SSSR count). The number of hydrogen-bond donors (Lipinski definition) is 0. The fourth-order valence-electron chi connectivity index (χ4n) is 1.04. The van der Waals surface area contributed by atoms with Crippen molar-refractivity contribution >= 4 is 23.0 Å². The van der Waals surface area contributed by atoms with Crippen LogP contribution in [0.25, 0.3) is 0 Å². The summed E-state index contributed by atoms with van der Waals surface area (Å²) in [6.07, 6.45) is 0.621. The van der Waals surface area contributed by atoms with Gasteiger partial charge in [-0.15, -0.1) is 0 Å². The van der Waals surface area contributed by atoms with Crippen LogP contribution in [0.15, 0.2) is 9.98 Å². The molecule has 0 atom stereocenters. The Morgan fingerprint density at radius 3 is 1.38 bits per heavy atom. The molecule has 0 saturated carbocycles. The molecule has 86 valence electrons. The van der Waals surface area contributed by atoms with Crippen molar-refractivity contribution in [3.8, 4) is 12.1 Å². The Morgan fingerprint density at radius 2 is 1.12 bits per heavy atom. The molecule has 0 saturated heterocycles. The van der Waals surface area contributed by atoms with Crippen LogP contribution >= 0.6 is 0 Å². The topological polar surface area (TPSA) is 58.9 Å². The summed E-state index contributed by atoms with van der Waals surface area (Å²) in [5.74, 6) is 0.110. The number of carbonyl (C=O) groups is 2. The summed E-state index contributed by atoms with van der Waals surface area (Å²) in [6.45, 7) is 6.48. The first kappa shape index (κ1) is 14.2. The Labute approximate surface area is 95.9 Å². The lowest BCUT2D eigenvalue weighted by Crippen LogP contribution is -1.99. The van der Waals surface area contributed by atoms with E-state index in [1.165, 1.54) is 13.8 Å². The Balaban J connectivity index is 4.30. The van der Waals surface area contributed by atoms with Crippen molar-refractivity contribution in [3.63, 3.8) is 0 Å². The molecule has 16 heavy (non-hydrogen) atoms. The maximum atomic E-state index is 10.7. The van der Waals surface area contributed by atoms with Gasteiger partial charge in [-0.25, -0.2) is 9.98 Å². The third kappa shape index (κ3) is 8.82. The molecule has 0 N–H and O–H groups in total. The van der Waals surface area contributed by atoms with Crippen LogP contribution in [0.5, 0.6) is 0 Å². The van der Waals surface area contributed by atoms with E-state index in [1.54, 1.807) is 13.8 Å². The molecule has 0 aromatic heterocycles. The fourth-order valence-corrected chi connectivity index (χ4v) is 1.04. The van der Waals surface area contributed by atoms with E-state index in [0.29, 0.717) is 24.3 Å². The summed E-state index contributed by atoms with van der Waals surface area (Å²) in [5.41, 5.74) is 1.33. The van der Waals surface area contributed by atoms with Gasteiger partial charge in [-0.05, 0) is 27.7 Å². The van der Waals surface area contributed by atoms with Gasteiger partial charge < -0.3 is 0 Å². The minimum atomic E-state index is 0.0549. The maximum absolute atomic E-state index is 10.7. The standard InChI is InChI=1S/C12H16N2O2/c1-9(7-11(3)15)13-5-6-14-10(2)8-12(4)16/h7-8H2,1-4H3. The molecule has 4 heteroatoms. The number of ketones is 2. The zero-order valence-corrected chi connectivity index (χ0v) is 10.1. The number of Topliss-reactive ketones (excluding diaryl/α,β-unsaturated/α-hetero) is 2. The van der Waals surface area contributed by atoms with Gasteiger partial charge in [0.1, 0.15) is 11.6 Å². The maximum Gasteiger partial charge on any atom is 0.135 e. The first-order valence-corrected chi connectivity index (χ1v) is 4.97. The van der Waals surface area contributed by atoms with Crippen molar-refractivity contribution in [1.82, 2.24) is 0 Å². The number of carbonyl (C=O) groups excluding carboxylic acids is 2. The first-order chi connectivity index (χ1) is 7.41. The van der Waals surface area contributed by atoms with Crippen LogP contribution in [0.1, 0.15) is 40.5 Å². The molecular formula is C12H16N2O2. The normalized spacial score (nSPS) is 11.8. The van der Waals surface area contributed by atoms with E-state index in [-0.39, 0.29) is 11.6 Å². The fraction of sp³-hybridized carbons (Fsp3) is 0.500. The monoisotopic (exact) mass is 220 g/mol. The van der Waals surface area contributed by atoms with Crippen LogP contribution in [0.4, 0.5) is 0 Å². The van der Waals surface area contributed by atoms with Crippen molar-refractivity contribution < 1.29 is 9.59 Å². The largest absolute Gasteiger partial charge is 0.300 e. The highest BCUT2D eigenvalue weighted by molar-refractivity contribution is 6.00. The van der Waals surface area contributed by atoms with Gasteiger partial charge in [0.2, 0.25) is 0 Å². The predicted molar refractivity (Wildman–Crippen MR) is 64.6 cm³/mol. The van der Waals surface area contributed by atoms with E-state index in [2.05, 4.69) is 22.1 Å². The molecule has 0 radical (unpaired) electrons. The first-order valence-electron chi connectivity index (χ1n) is 4.97. The lowest BCUT2D eigenvalue weighted by molar-refractivity contribution is -0.116. The average molecular weight is 220 g/mol. The summed E-state index contributed by atoms with van der Waals surface area (Å²) in [5, 5.41) is 0. The van der Waals surface area contributed by atoms with Crippen molar-refractivity contribution in [1.29, 1.82) is 0 Å². The van der Waals surface area contributed by atoms with Gasteiger partial charge >= 0.3 is 0 Å². The van der Waals surface area contributed by atoms with Crippen molar-refractivity contribution in [2.45, 2.75) is 40.5 Å². The second-order valence-corrected chi connectivity index (χ2v) is 3.68. The smallest absolute Gasteiger partial charge is 0.135 e. The number of nitrogens with zero attached hydrogens (tertiary/aromatic N) is 2. The zero-order chi connectivity index (χ0) is 12.6. The van der Waals surface area contributed by atoms with Crippen molar-refractivity contribution in [2.24, 2.45) is 9.98 Å². The van der Waals surface area contributed by atoms with Gasteiger partial charge in [0.25, 0.3) is 0 Å². The SMILES string of the molecule is CC(=O)CC(C)=NC#CN=C(C)CC(C)=O. The van der Waals surface area contributed by atoms with Crippen LogP contribution < -0.4 is 0 Å². The molecule has 0 aromatic carbocycles. The molecule has 0 spiro atoms. The van der Waals surface area contributed by atoms with Crippen LogP contribution in [-0.4, -0.2) is 23.0 Å². The number of aliphatic imine (C=N–C) groups is 2. The van der Waals surface area contributed by atoms with E-state index < -0.39 is 0 Å². The highest BCUT2D eigenvalue weighted by Crippen LogP contribution is 1.88. The zero-order valence-electron chi connectivity index (χ0n) is 10.1. The van der Waals surface area contributed by atoms with Gasteiger partial charge in [0, 0.05) is 24.3 Å². The van der Waals surface area contributed by atoms with Gasteiger partial charge in [0.05, 0.1) is 12.1 Å². The molecule has 0 heterocycles. The van der Waals surface area contributed by atoms with Gasteiger partial charge in [0.15, 0.2) is 0 Å². The second kappa shape index (κ2) is 7.52. The molecule has 0 aliphatic rings. The Bertz CT molecular complexity index is 359. The summed E-state index contributed by atoms with van der Waals surface area (Å²) in [4.78, 5) is 29.2. The molecule has 0 aliphatic heterocycles. The lowest BCUT2D eigenvalue weighted by atomic mass is 10.2. The van der Waals surface area contributed by atoms with Crippen LogP contribution in [-0.2, 0) is 9.59 Å². The molecule has 0 amide bonds. The minimum absolute atomic E-state index is 0.0549. The molecule has 4 nitrogen and oxygen atoms in total. The van der Waals surface area contributed by atoms with Crippen LogP contribution in [0.3, 0.4) is 0 Å². The van der Waals surface area contributed by atoms with Crippen molar-refractivity contribution in [3.05, 3.63) is 0 Å². The van der Waals surface area contributed by atoms with Gasteiger partial charge in [-0.2, -0.15) is 0 Å². The highest BCUT2D eigenvalue weighted by atomic mass is 16.1. The van der Waals surface area contributed by atoms with E-state index in [4.69, 9.17) is 0 Å². The Hall–Kier alpha value is -1.76. The third-order valence-corrected chi connectivity index (χ3v) is 1.55. The number of hydrogen-bond acceptors (Lipinski definition) is 4. The summed E-state index contributed by atoms with van der Waals surface area (Å²) < 4.78 is 0. The van der Waals surface area contributed by atoms with Crippen LogP contribution in [0.2, 0.25) is 0 Å². The molecule has 0 fully saturated rings. The number of rotatable bonds is 4. The lowest BCUT2D eigenvalue weighted by Gasteiger charge is -1.90. The van der Waals surface area contributed by atoms with Gasteiger partial charge in [-0.3, -0.25) is 9.59 Å². The second-order valence-electron chi connectivity index (χ2n) is 3.68. The molecule has 0 aromatic rings. The average Bonchev–Trinajstić information content (AvgIpc) is 2.10. The van der Waals surface area contributed by atoms with Gasteiger partial charge in [-0.1, -0.05) is 0 Å². The minimum Gasteiger partial charge on any atom is -0.300 e. The quantitative estimate of drug-likeness (QED) is 0.535. The Kier molecular flexibility index (Phi) is 6.69. The predicted octanol–water partition coefficient (Wildman–Crippen LogP) is 1.78. The van der Waals surface area contributed by atoms with E-state index in [1.807, 2.05) is 0 Å². The molecule has 0 aliphatic carbocycles. The highest BCUT2D eigenvalue weighted by Gasteiger charge is 1.95. The van der Waals surface area contributed by atoms with Crippen LogP contribution in [0, 0.1) is 12.1 Å². The van der Waals surface area contributed by atoms with E-state index in [0.717, 1.165) is 0 Å². The molecular weight excluding hydrogens is 204 g/mol. The Morgan fingerprint density at radius 1 is 0.812 bits per heavy atom. The molecule has 0 bridgehead atoms. The molecule has 0 unspecified atom stereocenters. The summed E-state index contributed by atoms with van der Waals surface area (Å²) in [6, 6.07) is 4.96. The van der Waals surface area contributed by atoms with E-state index in [9.17, 15) is 9.59 Å². The summed E-state index contributed by atoms with van der Waals surface area (Å²) in [7, 11) is 0. The summed E-state index contributed by atoms with van der Waals surface area (Å²) >= 11 is 0. The third-order valence-electron chi connectivity index (χ3n) is 1.55.